The number of oxazole rings is 1. The van der Waals surface area contributed by atoms with Gasteiger partial charge in [0, 0.05) is 0 Å². The van der Waals surface area contributed by atoms with Crippen LogP contribution in [-0.4, -0.2) is 48.9 Å². The second-order valence-electron chi connectivity index (χ2n) is 11.3. The Hall–Kier alpha value is -5.42. The SMILES string of the molecule is Cc1c(-c2ccnn2-c2ccc(C#N)cc2)n(C(=O)N[C@H](c2ncc(CN(C)C)o2)C(C)C)c(=O)n1-c1cccc(C(F)(F)F)c1. The van der Waals surface area contributed by atoms with Crippen LogP contribution in [0.5, 0.6) is 0 Å². The minimum Gasteiger partial charge on any atom is -0.442 e. The van der Waals surface area contributed by atoms with Gasteiger partial charge in [-0.3, -0.25) is 4.57 Å². The predicted octanol–water partition coefficient (Wildman–Crippen LogP) is 5.70. The van der Waals surface area contributed by atoms with Crippen molar-refractivity contribution >= 4 is 6.03 Å². The molecule has 46 heavy (non-hydrogen) atoms. The molecular weight excluding hydrogens is 601 g/mol. The van der Waals surface area contributed by atoms with Gasteiger partial charge in [-0.25, -0.2) is 23.8 Å². The number of carbonyl (C=O) groups excluding carboxylic acids is 1. The van der Waals surface area contributed by atoms with Crippen molar-refractivity contribution in [1.29, 1.82) is 5.26 Å². The fourth-order valence-electron chi connectivity index (χ4n) is 5.15. The Morgan fingerprint density at radius 1 is 1.11 bits per heavy atom. The van der Waals surface area contributed by atoms with Crippen molar-refractivity contribution < 1.29 is 22.4 Å². The molecule has 1 N–H and O–H groups in total. The van der Waals surface area contributed by atoms with E-state index >= 15 is 0 Å². The first-order chi connectivity index (χ1) is 21.8. The number of halogens is 3. The highest BCUT2D eigenvalue weighted by molar-refractivity contribution is 5.83. The zero-order valence-corrected chi connectivity index (χ0v) is 25.7. The largest absolute Gasteiger partial charge is 0.442 e. The van der Waals surface area contributed by atoms with Crippen LogP contribution in [0.4, 0.5) is 18.0 Å². The summed E-state index contributed by atoms with van der Waals surface area (Å²) in [7, 11) is 3.75. The zero-order valence-electron chi connectivity index (χ0n) is 25.7. The number of nitrogens with zero attached hydrogens (tertiary/aromatic N) is 7. The number of amides is 1. The van der Waals surface area contributed by atoms with Crippen molar-refractivity contribution in [3.63, 3.8) is 0 Å². The molecule has 1 amide bonds. The van der Waals surface area contributed by atoms with Crippen molar-refractivity contribution in [3.05, 3.63) is 106 Å². The molecule has 0 aliphatic heterocycles. The normalized spacial score (nSPS) is 12.5. The van der Waals surface area contributed by atoms with Crippen molar-refractivity contribution in [2.24, 2.45) is 5.92 Å². The highest BCUT2D eigenvalue weighted by atomic mass is 19.4. The van der Waals surface area contributed by atoms with E-state index in [1.165, 1.54) is 23.0 Å². The van der Waals surface area contributed by atoms with Crippen LogP contribution >= 0.6 is 0 Å². The quantitative estimate of drug-likeness (QED) is 0.233. The molecule has 14 heteroatoms. The molecule has 0 spiro atoms. The van der Waals surface area contributed by atoms with E-state index in [0.717, 1.165) is 21.3 Å². The highest BCUT2D eigenvalue weighted by Crippen LogP contribution is 2.32. The maximum absolute atomic E-state index is 14.1. The molecule has 0 aliphatic carbocycles. The summed E-state index contributed by atoms with van der Waals surface area (Å²) in [5.41, 5.74) is -0.361. The molecule has 0 saturated heterocycles. The van der Waals surface area contributed by atoms with Crippen molar-refractivity contribution in [1.82, 2.24) is 34.1 Å². The van der Waals surface area contributed by atoms with E-state index in [2.05, 4.69) is 15.4 Å². The number of hydrogen-bond donors (Lipinski definition) is 1. The number of aromatic nitrogens is 5. The number of nitrogens with one attached hydrogen (secondary N) is 1. The maximum atomic E-state index is 14.1. The van der Waals surface area contributed by atoms with Gasteiger partial charge in [0.15, 0.2) is 0 Å². The monoisotopic (exact) mass is 632 g/mol. The van der Waals surface area contributed by atoms with Crippen molar-refractivity contribution in [2.45, 2.75) is 39.5 Å². The molecule has 238 valence electrons. The van der Waals surface area contributed by atoms with Crippen LogP contribution < -0.4 is 11.0 Å². The lowest BCUT2D eigenvalue weighted by molar-refractivity contribution is -0.137. The number of nitriles is 1. The molecular formula is C32H31F3N8O3. The van der Waals surface area contributed by atoms with Crippen LogP contribution in [-0.2, 0) is 12.7 Å². The summed E-state index contributed by atoms with van der Waals surface area (Å²) in [6.45, 7) is 5.72. The van der Waals surface area contributed by atoms with Gasteiger partial charge in [0.2, 0.25) is 5.89 Å². The standard InChI is InChI=1S/C32H31F3N8O3/c1-19(2)27(29-37-17-25(46-29)18-40(4)5)39-30(44)42-28(26-13-14-38-43(26)23-11-9-21(16-36)10-12-23)20(3)41(31(42)45)24-8-6-7-22(15-24)32(33,34)35/h6-15,17,19,27H,18H2,1-5H3,(H,39,44)/t27-/m0/s1. The Bertz CT molecular complexity index is 1970. The molecule has 5 rings (SSSR count). The number of hydrogen-bond acceptors (Lipinski definition) is 7. The number of carbonyl (C=O) groups is 1. The van der Waals surface area contributed by atoms with E-state index in [-0.39, 0.29) is 28.9 Å². The first-order valence-corrected chi connectivity index (χ1v) is 14.3. The predicted molar refractivity (Wildman–Crippen MR) is 162 cm³/mol. The zero-order chi connectivity index (χ0) is 33.3. The fraction of sp³-hybridized carbons (Fsp3) is 0.281. The molecule has 0 bridgehead atoms. The lowest BCUT2D eigenvalue weighted by atomic mass is 10.0. The molecule has 2 aromatic carbocycles. The Morgan fingerprint density at radius 3 is 2.46 bits per heavy atom. The van der Waals surface area contributed by atoms with Crippen LogP contribution in [0, 0.1) is 24.2 Å². The van der Waals surface area contributed by atoms with Crippen LogP contribution in [0.15, 0.2) is 76.2 Å². The van der Waals surface area contributed by atoms with Gasteiger partial charge < -0.3 is 14.6 Å². The van der Waals surface area contributed by atoms with Crippen LogP contribution in [0.1, 0.15) is 48.4 Å². The molecule has 0 saturated carbocycles. The third-order valence-electron chi connectivity index (χ3n) is 7.30. The smallest absolute Gasteiger partial charge is 0.416 e. The van der Waals surface area contributed by atoms with E-state index in [0.29, 0.717) is 29.2 Å². The average molecular weight is 633 g/mol. The minimum absolute atomic E-state index is 0.0731. The van der Waals surface area contributed by atoms with Gasteiger partial charge in [-0.1, -0.05) is 19.9 Å². The second kappa shape index (κ2) is 12.5. The van der Waals surface area contributed by atoms with E-state index in [1.807, 2.05) is 38.9 Å². The third kappa shape index (κ3) is 6.22. The summed E-state index contributed by atoms with van der Waals surface area (Å²) in [5, 5.41) is 16.5. The van der Waals surface area contributed by atoms with Crippen LogP contribution in [0.3, 0.4) is 0 Å². The first-order valence-electron chi connectivity index (χ1n) is 14.3. The van der Waals surface area contributed by atoms with Crippen molar-refractivity contribution in [3.8, 4) is 28.8 Å². The summed E-state index contributed by atoms with van der Waals surface area (Å²) < 4.78 is 50.3. The minimum atomic E-state index is -4.66. The van der Waals surface area contributed by atoms with Crippen LogP contribution in [0.25, 0.3) is 22.8 Å². The molecule has 5 aromatic rings. The number of alkyl halides is 3. The van der Waals surface area contributed by atoms with E-state index in [4.69, 9.17) is 4.42 Å². The Balaban J connectivity index is 1.68. The maximum Gasteiger partial charge on any atom is 0.416 e. The molecule has 11 nitrogen and oxygen atoms in total. The summed E-state index contributed by atoms with van der Waals surface area (Å²) in [4.78, 5) is 34.5. The van der Waals surface area contributed by atoms with E-state index in [9.17, 15) is 28.0 Å². The molecule has 1 atom stereocenters. The molecule has 0 fully saturated rings. The molecule has 3 aromatic heterocycles. The summed E-state index contributed by atoms with van der Waals surface area (Å²) >= 11 is 0. The van der Waals surface area contributed by atoms with Gasteiger partial charge in [0.05, 0.1) is 58.9 Å². The van der Waals surface area contributed by atoms with Crippen molar-refractivity contribution in [2.75, 3.05) is 14.1 Å². The van der Waals surface area contributed by atoms with Gasteiger partial charge >= 0.3 is 17.9 Å². The average Bonchev–Trinajstić information content (AvgIpc) is 3.73. The van der Waals surface area contributed by atoms with Gasteiger partial charge in [0.1, 0.15) is 17.5 Å². The highest BCUT2D eigenvalue weighted by Gasteiger charge is 2.33. The number of benzene rings is 2. The van der Waals surface area contributed by atoms with Gasteiger partial charge in [-0.15, -0.1) is 0 Å². The first kappa shape index (κ1) is 32.0. The molecule has 0 radical (unpaired) electrons. The summed E-state index contributed by atoms with van der Waals surface area (Å²) in [6.07, 6.45) is -1.62. The van der Waals surface area contributed by atoms with Gasteiger partial charge in [0.25, 0.3) is 0 Å². The lowest BCUT2D eigenvalue weighted by Gasteiger charge is -2.20. The van der Waals surface area contributed by atoms with Gasteiger partial charge in [-0.2, -0.15) is 23.5 Å². The lowest BCUT2D eigenvalue weighted by Crippen LogP contribution is -2.40. The summed E-state index contributed by atoms with van der Waals surface area (Å²) in [6, 6.07) is 12.9. The van der Waals surface area contributed by atoms with Crippen LogP contribution in [0.2, 0.25) is 0 Å². The molecule has 3 heterocycles. The topological polar surface area (TPSA) is 127 Å². The molecule has 0 unspecified atom stereocenters. The Kier molecular flexibility index (Phi) is 8.71. The Labute approximate surface area is 262 Å². The second-order valence-corrected chi connectivity index (χ2v) is 11.3. The Morgan fingerprint density at radius 2 is 1.83 bits per heavy atom. The van der Waals surface area contributed by atoms with E-state index in [1.54, 1.807) is 43.5 Å². The number of imidazole rings is 1. The van der Waals surface area contributed by atoms with Gasteiger partial charge in [-0.05, 0) is 75.5 Å². The number of rotatable bonds is 8. The fourth-order valence-corrected chi connectivity index (χ4v) is 5.15. The molecule has 0 aliphatic rings. The van der Waals surface area contributed by atoms with E-state index < -0.39 is 29.5 Å². The summed E-state index contributed by atoms with van der Waals surface area (Å²) in [5.74, 6) is 0.604. The third-order valence-corrected chi connectivity index (χ3v) is 7.30.